The molecule has 0 aliphatic heterocycles. The van der Waals surface area contributed by atoms with Gasteiger partial charge in [-0.1, -0.05) is 12.1 Å². The quantitative estimate of drug-likeness (QED) is 0.196. The third-order valence-corrected chi connectivity index (χ3v) is 7.87. The zero-order valence-corrected chi connectivity index (χ0v) is 24.6. The summed E-state index contributed by atoms with van der Waals surface area (Å²) < 4.78 is 58.7. The van der Waals surface area contributed by atoms with Crippen molar-refractivity contribution in [3.05, 3.63) is 64.8 Å². The first-order valence-electron chi connectivity index (χ1n) is 13.4. The van der Waals surface area contributed by atoms with Crippen LogP contribution in [0.3, 0.4) is 0 Å². The van der Waals surface area contributed by atoms with Crippen LogP contribution in [0.2, 0.25) is 0 Å². The van der Waals surface area contributed by atoms with Crippen molar-refractivity contribution in [2.24, 2.45) is 0 Å². The molecule has 232 valence electrons. The predicted octanol–water partition coefficient (Wildman–Crippen LogP) is 5.39. The molecule has 0 bridgehead atoms. The first-order valence-corrected chi connectivity index (χ1v) is 15.2. The summed E-state index contributed by atoms with van der Waals surface area (Å²) in [6.07, 6.45) is -2.38. The lowest BCUT2D eigenvalue weighted by molar-refractivity contribution is -0.137. The average Bonchev–Trinajstić information content (AvgIpc) is 2.92. The van der Waals surface area contributed by atoms with Gasteiger partial charge in [0.15, 0.2) is 0 Å². The van der Waals surface area contributed by atoms with Crippen LogP contribution in [0, 0.1) is 0 Å². The highest BCUT2D eigenvalue weighted by molar-refractivity contribution is 7.50. The summed E-state index contributed by atoms with van der Waals surface area (Å²) in [4.78, 5) is 40.9. The number of halogens is 3. The van der Waals surface area contributed by atoms with E-state index >= 15 is 0 Å². The maximum atomic E-state index is 14.0. The van der Waals surface area contributed by atoms with Crippen LogP contribution >= 0.6 is 7.60 Å². The number of methoxy groups -OCH3 is 1. The Hall–Kier alpha value is -3.71. The van der Waals surface area contributed by atoms with Gasteiger partial charge in [0.2, 0.25) is 5.95 Å². The van der Waals surface area contributed by atoms with Crippen molar-refractivity contribution in [3.8, 4) is 5.75 Å². The molecular weight excluding hydrogens is 590 g/mol. The molecule has 0 unspecified atom stereocenters. The van der Waals surface area contributed by atoms with E-state index in [1.807, 2.05) is 0 Å². The minimum absolute atomic E-state index is 0.106. The fourth-order valence-corrected chi connectivity index (χ4v) is 5.59. The van der Waals surface area contributed by atoms with Crippen molar-refractivity contribution in [1.29, 1.82) is 0 Å². The third-order valence-electron chi connectivity index (χ3n) is 7.10. The van der Waals surface area contributed by atoms with Crippen molar-refractivity contribution in [3.63, 3.8) is 0 Å². The molecule has 3 aromatic rings. The number of aliphatic hydroxyl groups excluding tert-OH is 1. The van der Waals surface area contributed by atoms with E-state index in [0.29, 0.717) is 19.0 Å². The number of rotatable bonds is 9. The first kappa shape index (κ1) is 32.2. The topological polar surface area (TPSA) is 157 Å². The maximum absolute atomic E-state index is 14.0. The van der Waals surface area contributed by atoms with Crippen molar-refractivity contribution >= 4 is 36.6 Å². The highest BCUT2D eigenvalue weighted by Crippen LogP contribution is 2.41. The van der Waals surface area contributed by atoms with Crippen LogP contribution in [-0.4, -0.2) is 63.0 Å². The Balaban J connectivity index is 1.70. The number of ether oxygens (including phenoxy) is 1. The number of nitrogens with zero attached hydrogens (tertiary/aromatic N) is 3. The van der Waals surface area contributed by atoms with Gasteiger partial charge in [0.1, 0.15) is 17.1 Å². The number of nitrogens with one attached hydrogen (secondary N) is 2. The van der Waals surface area contributed by atoms with E-state index in [2.05, 4.69) is 20.6 Å². The zero-order chi connectivity index (χ0) is 31.5. The SMILES string of the molecule is COc1cc(CP(=O)(O)O)ccc1Nc1ncc(C(F)(F)F)c(Nc2ccc([C@H]3CC[C@@H](O)CC3)cc2C(=O)N(C)C)n1. The second kappa shape index (κ2) is 12.9. The molecule has 1 amide bonds. The molecular formula is C28H33F3N5O6P. The van der Waals surface area contributed by atoms with Gasteiger partial charge in [0.05, 0.1) is 36.3 Å². The van der Waals surface area contributed by atoms with Crippen LogP contribution in [0.1, 0.15) is 58.6 Å². The second-order valence-electron chi connectivity index (χ2n) is 10.6. The second-order valence-corrected chi connectivity index (χ2v) is 12.2. The van der Waals surface area contributed by atoms with E-state index < -0.39 is 37.2 Å². The van der Waals surface area contributed by atoms with E-state index in [-0.39, 0.29) is 46.2 Å². The number of anilines is 4. The van der Waals surface area contributed by atoms with Crippen LogP contribution < -0.4 is 15.4 Å². The number of hydrogen-bond acceptors (Lipinski definition) is 8. The van der Waals surface area contributed by atoms with Gasteiger partial charge in [-0.05, 0) is 67.0 Å². The molecule has 5 N–H and O–H groups in total. The smallest absolute Gasteiger partial charge is 0.421 e. The highest BCUT2D eigenvalue weighted by Gasteiger charge is 2.36. The Labute approximate surface area is 246 Å². The Bertz CT molecular complexity index is 1520. The van der Waals surface area contributed by atoms with E-state index in [0.717, 1.165) is 18.4 Å². The minimum atomic E-state index is -4.82. The zero-order valence-electron chi connectivity index (χ0n) is 23.7. The number of benzene rings is 2. The van der Waals surface area contributed by atoms with Crippen LogP contribution in [0.5, 0.6) is 5.75 Å². The molecule has 2 aromatic carbocycles. The summed E-state index contributed by atoms with van der Waals surface area (Å²) in [5, 5.41) is 15.4. The van der Waals surface area contributed by atoms with E-state index in [4.69, 9.17) is 4.74 Å². The fraction of sp³-hybridized carbons (Fsp3) is 0.393. The van der Waals surface area contributed by atoms with Gasteiger partial charge in [0.25, 0.3) is 5.91 Å². The van der Waals surface area contributed by atoms with Crippen LogP contribution in [0.15, 0.2) is 42.6 Å². The Kier molecular flexibility index (Phi) is 9.65. The normalized spacial score (nSPS) is 17.3. The lowest BCUT2D eigenvalue weighted by Gasteiger charge is -2.27. The van der Waals surface area contributed by atoms with Crippen LogP contribution in [0.25, 0.3) is 0 Å². The number of carbonyl (C=O) groups is 1. The fourth-order valence-electron chi connectivity index (χ4n) is 4.92. The highest BCUT2D eigenvalue weighted by atomic mass is 31.2. The number of aromatic nitrogens is 2. The summed E-state index contributed by atoms with van der Waals surface area (Å²) in [6, 6.07) is 9.24. The van der Waals surface area contributed by atoms with Gasteiger partial charge < -0.3 is 35.2 Å². The number of amides is 1. The minimum Gasteiger partial charge on any atom is -0.495 e. The van der Waals surface area contributed by atoms with Gasteiger partial charge in [-0.25, -0.2) is 4.98 Å². The van der Waals surface area contributed by atoms with Crippen molar-refractivity contribution in [1.82, 2.24) is 14.9 Å². The van der Waals surface area contributed by atoms with Gasteiger partial charge in [-0.15, -0.1) is 0 Å². The maximum Gasteiger partial charge on any atom is 0.421 e. The molecule has 0 radical (unpaired) electrons. The van der Waals surface area contributed by atoms with Crippen molar-refractivity contribution in [2.75, 3.05) is 31.8 Å². The molecule has 1 fully saturated rings. The molecule has 0 spiro atoms. The third kappa shape index (κ3) is 8.23. The van der Waals surface area contributed by atoms with E-state index in [1.54, 1.807) is 32.3 Å². The number of hydrogen-bond donors (Lipinski definition) is 5. The largest absolute Gasteiger partial charge is 0.495 e. The van der Waals surface area contributed by atoms with E-state index in [9.17, 15) is 37.4 Å². The lowest BCUT2D eigenvalue weighted by atomic mass is 9.82. The number of aliphatic hydroxyl groups is 1. The van der Waals surface area contributed by atoms with Gasteiger partial charge in [-0.2, -0.15) is 18.2 Å². The molecule has 1 aliphatic carbocycles. The summed E-state index contributed by atoms with van der Waals surface area (Å²) in [7, 11) is 0.0666. The molecule has 43 heavy (non-hydrogen) atoms. The Morgan fingerprint density at radius 1 is 1.07 bits per heavy atom. The number of carbonyl (C=O) groups excluding carboxylic acids is 1. The first-order chi connectivity index (χ1) is 20.1. The molecule has 15 heteroatoms. The summed E-state index contributed by atoms with van der Waals surface area (Å²) >= 11 is 0. The molecule has 4 rings (SSSR count). The Morgan fingerprint density at radius 2 is 1.74 bits per heavy atom. The van der Waals surface area contributed by atoms with Crippen molar-refractivity contribution < 1.29 is 42.2 Å². The van der Waals surface area contributed by atoms with E-state index in [1.165, 1.54) is 30.2 Å². The molecule has 1 aromatic heterocycles. The summed E-state index contributed by atoms with van der Waals surface area (Å²) in [5.74, 6) is -0.970. The summed E-state index contributed by atoms with van der Waals surface area (Å²) in [5.41, 5.74) is 0.518. The van der Waals surface area contributed by atoms with Crippen molar-refractivity contribution in [2.45, 2.75) is 50.0 Å². The van der Waals surface area contributed by atoms with Crippen LogP contribution in [0.4, 0.5) is 36.3 Å². The van der Waals surface area contributed by atoms with Gasteiger partial charge in [0, 0.05) is 20.3 Å². The molecule has 11 nitrogen and oxygen atoms in total. The number of alkyl halides is 3. The molecule has 0 saturated heterocycles. The average molecular weight is 624 g/mol. The Morgan fingerprint density at radius 3 is 2.35 bits per heavy atom. The molecule has 1 saturated carbocycles. The van der Waals surface area contributed by atoms with Crippen LogP contribution in [-0.2, 0) is 16.9 Å². The van der Waals surface area contributed by atoms with Gasteiger partial charge in [-0.3, -0.25) is 9.36 Å². The molecule has 1 aliphatic rings. The molecule has 1 heterocycles. The van der Waals surface area contributed by atoms with Gasteiger partial charge >= 0.3 is 13.8 Å². The monoisotopic (exact) mass is 623 g/mol. The molecule has 0 atom stereocenters. The standard InChI is InChI=1S/C28H33F3N5O6P/c1-36(2)26(38)20-13-18(17-5-8-19(37)9-6-17)7-11-22(20)33-25-21(28(29,30)31)14-32-27(35-25)34-23-10-4-16(12-24(23)42-3)15-43(39,40)41/h4,7,10-14,17,19,37H,5-6,8-9,15H2,1-3H3,(H2,39,40,41)(H2,32,33,34,35)/t17-,19+. The summed E-state index contributed by atoms with van der Waals surface area (Å²) in [6.45, 7) is 0. The predicted molar refractivity (Wildman–Crippen MR) is 154 cm³/mol. The lowest BCUT2D eigenvalue weighted by Crippen LogP contribution is -2.24.